The molecule has 1 fully saturated rings. The number of nitrogens with two attached hydrogens (primary N) is 1. The van der Waals surface area contributed by atoms with E-state index < -0.39 is 0 Å². The van der Waals surface area contributed by atoms with Crippen LogP contribution in [0.2, 0.25) is 0 Å². The molecule has 1 aliphatic heterocycles. The van der Waals surface area contributed by atoms with Gasteiger partial charge in [0.15, 0.2) is 0 Å². The minimum absolute atomic E-state index is 0.215. The summed E-state index contributed by atoms with van der Waals surface area (Å²) in [7, 11) is 4.47. The van der Waals surface area contributed by atoms with E-state index in [1.165, 1.54) is 25.9 Å². The molecule has 0 amide bonds. The Kier molecular flexibility index (Phi) is 4.99. The first-order chi connectivity index (χ1) is 7.73. The minimum Gasteiger partial charge on any atom is -0.327 e. The molecule has 102 valence electrons. The first-order valence-electron chi connectivity index (χ1n) is 6.89. The summed E-state index contributed by atoms with van der Waals surface area (Å²) in [6.45, 7) is 11.4. The second kappa shape index (κ2) is 5.68. The van der Waals surface area contributed by atoms with Gasteiger partial charge in [-0.05, 0) is 45.8 Å². The first kappa shape index (κ1) is 14.9. The molecule has 3 unspecified atom stereocenters. The van der Waals surface area contributed by atoms with Gasteiger partial charge in [0.2, 0.25) is 0 Å². The van der Waals surface area contributed by atoms with Crippen molar-refractivity contribution in [1.29, 1.82) is 0 Å². The average molecular weight is 241 g/mol. The molecule has 0 aromatic carbocycles. The van der Waals surface area contributed by atoms with Gasteiger partial charge >= 0.3 is 0 Å². The summed E-state index contributed by atoms with van der Waals surface area (Å²) >= 11 is 0. The lowest BCUT2D eigenvalue weighted by atomic mass is 9.81. The summed E-state index contributed by atoms with van der Waals surface area (Å²) in [5, 5.41) is 0. The zero-order valence-electron chi connectivity index (χ0n) is 12.5. The van der Waals surface area contributed by atoms with Crippen molar-refractivity contribution in [2.45, 2.75) is 58.7 Å². The topological polar surface area (TPSA) is 32.5 Å². The molecule has 0 aromatic heterocycles. The maximum atomic E-state index is 6.21. The number of piperidine rings is 1. The smallest absolute Gasteiger partial charge is 0.0293 e. The van der Waals surface area contributed by atoms with Gasteiger partial charge in [-0.3, -0.25) is 4.90 Å². The van der Waals surface area contributed by atoms with Crippen molar-refractivity contribution in [1.82, 2.24) is 9.80 Å². The summed E-state index contributed by atoms with van der Waals surface area (Å²) in [6.07, 6.45) is 2.61. The fourth-order valence-electron chi connectivity index (χ4n) is 3.47. The molecule has 3 atom stereocenters. The van der Waals surface area contributed by atoms with Crippen LogP contribution in [-0.4, -0.2) is 55.1 Å². The Morgan fingerprint density at radius 3 is 2.35 bits per heavy atom. The van der Waals surface area contributed by atoms with Crippen molar-refractivity contribution in [3.8, 4) is 0 Å². The van der Waals surface area contributed by atoms with Gasteiger partial charge in [-0.25, -0.2) is 0 Å². The van der Waals surface area contributed by atoms with E-state index in [1.807, 2.05) is 0 Å². The van der Waals surface area contributed by atoms with Gasteiger partial charge in [0, 0.05) is 24.7 Å². The standard InChI is InChI=1S/C14H31N3/c1-11(15)13(14(2,3)4)17(6)12-8-7-9-16(5)10-12/h11-13H,7-10,15H2,1-6H3. The van der Waals surface area contributed by atoms with Crippen LogP contribution in [0.15, 0.2) is 0 Å². The molecule has 1 aliphatic rings. The van der Waals surface area contributed by atoms with Crippen molar-refractivity contribution in [2.24, 2.45) is 11.1 Å². The van der Waals surface area contributed by atoms with Gasteiger partial charge in [-0.15, -0.1) is 0 Å². The number of likely N-dealkylation sites (tertiary alicyclic amines) is 1. The van der Waals surface area contributed by atoms with Crippen LogP contribution in [0, 0.1) is 5.41 Å². The predicted octanol–water partition coefficient (Wildman–Crippen LogP) is 1.77. The maximum absolute atomic E-state index is 6.21. The van der Waals surface area contributed by atoms with Crippen LogP contribution in [0.3, 0.4) is 0 Å². The Balaban J connectivity index is 2.74. The van der Waals surface area contributed by atoms with Crippen LogP contribution in [0.1, 0.15) is 40.5 Å². The molecule has 1 saturated heterocycles. The average Bonchev–Trinajstić information content (AvgIpc) is 2.14. The summed E-state index contributed by atoms with van der Waals surface area (Å²) in [5.74, 6) is 0. The summed E-state index contributed by atoms with van der Waals surface area (Å²) < 4.78 is 0. The van der Waals surface area contributed by atoms with Crippen LogP contribution in [0.5, 0.6) is 0 Å². The Morgan fingerprint density at radius 2 is 1.94 bits per heavy atom. The molecule has 2 N–H and O–H groups in total. The number of hydrogen-bond donors (Lipinski definition) is 1. The van der Waals surface area contributed by atoms with Crippen molar-refractivity contribution >= 4 is 0 Å². The molecule has 3 heteroatoms. The van der Waals surface area contributed by atoms with E-state index in [-0.39, 0.29) is 11.5 Å². The Morgan fingerprint density at radius 1 is 1.35 bits per heavy atom. The molecular formula is C14H31N3. The maximum Gasteiger partial charge on any atom is 0.0293 e. The van der Waals surface area contributed by atoms with Crippen LogP contribution in [0.4, 0.5) is 0 Å². The molecule has 1 rings (SSSR count). The normalized spacial score (nSPS) is 27.2. The fraction of sp³-hybridized carbons (Fsp3) is 1.00. The molecule has 0 aliphatic carbocycles. The van der Waals surface area contributed by atoms with E-state index in [2.05, 4.69) is 51.6 Å². The number of nitrogens with zero attached hydrogens (tertiary/aromatic N) is 2. The highest BCUT2D eigenvalue weighted by Crippen LogP contribution is 2.28. The fourth-order valence-corrected chi connectivity index (χ4v) is 3.47. The highest BCUT2D eigenvalue weighted by molar-refractivity contribution is 4.92. The molecule has 0 radical (unpaired) electrons. The van der Waals surface area contributed by atoms with Gasteiger partial charge in [0.05, 0.1) is 0 Å². The third kappa shape index (κ3) is 3.94. The predicted molar refractivity (Wildman–Crippen MR) is 75.2 cm³/mol. The highest BCUT2D eigenvalue weighted by Gasteiger charge is 2.35. The van der Waals surface area contributed by atoms with Crippen LogP contribution in [-0.2, 0) is 0 Å². The van der Waals surface area contributed by atoms with E-state index >= 15 is 0 Å². The van der Waals surface area contributed by atoms with Crippen LogP contribution < -0.4 is 5.73 Å². The number of likely N-dealkylation sites (N-methyl/N-ethyl adjacent to an activating group) is 2. The molecule has 0 saturated carbocycles. The Bertz CT molecular complexity index is 232. The van der Waals surface area contributed by atoms with Crippen molar-refractivity contribution in [3.63, 3.8) is 0 Å². The van der Waals surface area contributed by atoms with Crippen molar-refractivity contribution in [3.05, 3.63) is 0 Å². The van der Waals surface area contributed by atoms with E-state index in [1.54, 1.807) is 0 Å². The molecule has 1 heterocycles. The molecule has 0 spiro atoms. The largest absolute Gasteiger partial charge is 0.327 e. The third-order valence-corrected chi connectivity index (χ3v) is 4.00. The van der Waals surface area contributed by atoms with E-state index in [0.717, 1.165) is 0 Å². The number of hydrogen-bond acceptors (Lipinski definition) is 3. The van der Waals surface area contributed by atoms with Crippen molar-refractivity contribution < 1.29 is 0 Å². The van der Waals surface area contributed by atoms with Gasteiger partial charge in [-0.2, -0.15) is 0 Å². The Labute approximate surface area is 107 Å². The minimum atomic E-state index is 0.215. The SMILES string of the molecule is CC(N)C(N(C)C1CCCN(C)C1)C(C)(C)C. The lowest BCUT2D eigenvalue weighted by Crippen LogP contribution is -2.58. The zero-order valence-corrected chi connectivity index (χ0v) is 12.5. The molecule has 17 heavy (non-hydrogen) atoms. The van der Waals surface area contributed by atoms with Crippen molar-refractivity contribution in [2.75, 3.05) is 27.2 Å². The second-order valence-electron chi connectivity index (χ2n) is 6.89. The van der Waals surface area contributed by atoms with Gasteiger partial charge in [-0.1, -0.05) is 20.8 Å². The lowest BCUT2D eigenvalue weighted by molar-refractivity contribution is 0.0365. The Hall–Kier alpha value is -0.120. The summed E-state index contributed by atoms with van der Waals surface area (Å²) in [6, 6.07) is 1.32. The van der Waals surface area contributed by atoms with E-state index in [9.17, 15) is 0 Å². The molecular weight excluding hydrogens is 210 g/mol. The third-order valence-electron chi connectivity index (χ3n) is 4.00. The monoisotopic (exact) mass is 241 g/mol. The first-order valence-corrected chi connectivity index (χ1v) is 6.89. The summed E-state index contributed by atoms with van der Waals surface area (Å²) in [5.41, 5.74) is 6.44. The van der Waals surface area contributed by atoms with Crippen LogP contribution >= 0.6 is 0 Å². The molecule has 0 bridgehead atoms. The quantitative estimate of drug-likeness (QED) is 0.817. The molecule has 3 nitrogen and oxygen atoms in total. The van der Waals surface area contributed by atoms with E-state index in [0.29, 0.717) is 12.1 Å². The second-order valence-corrected chi connectivity index (χ2v) is 6.89. The summed E-state index contributed by atoms with van der Waals surface area (Å²) in [4.78, 5) is 4.96. The zero-order chi connectivity index (χ0) is 13.2. The van der Waals surface area contributed by atoms with E-state index in [4.69, 9.17) is 5.73 Å². The van der Waals surface area contributed by atoms with Gasteiger partial charge < -0.3 is 10.6 Å². The highest BCUT2D eigenvalue weighted by atomic mass is 15.2. The van der Waals surface area contributed by atoms with Gasteiger partial charge in [0.1, 0.15) is 0 Å². The van der Waals surface area contributed by atoms with Gasteiger partial charge in [0.25, 0.3) is 0 Å². The lowest BCUT2D eigenvalue weighted by Gasteiger charge is -2.46. The molecule has 0 aromatic rings. The number of rotatable bonds is 3. The van der Waals surface area contributed by atoms with Crippen LogP contribution in [0.25, 0.3) is 0 Å².